The molecule has 4 N–H and O–H groups in total. The van der Waals surface area contributed by atoms with Gasteiger partial charge < -0.3 is 11.5 Å². The standard InChI is InChI=1S/C15H23FN2/c1-13(2)10-8(16)7-9(17)12(18)11(10)14(3,4)15(13,5)6/h7H,17-18H2,1-6H3. The summed E-state index contributed by atoms with van der Waals surface area (Å²) in [6.45, 7) is 12.7. The normalized spacial score (nSPS) is 22.8. The Morgan fingerprint density at radius 3 is 1.83 bits per heavy atom. The van der Waals surface area contributed by atoms with Crippen molar-refractivity contribution in [2.45, 2.75) is 52.4 Å². The topological polar surface area (TPSA) is 52.0 Å². The minimum absolute atomic E-state index is 0.106. The van der Waals surface area contributed by atoms with Crippen molar-refractivity contribution < 1.29 is 4.39 Å². The molecule has 0 saturated heterocycles. The maximum Gasteiger partial charge on any atom is 0.129 e. The van der Waals surface area contributed by atoms with Crippen LogP contribution in [0.25, 0.3) is 0 Å². The van der Waals surface area contributed by atoms with Gasteiger partial charge in [-0.2, -0.15) is 0 Å². The fraction of sp³-hybridized carbons (Fsp3) is 0.600. The molecule has 0 fully saturated rings. The lowest BCUT2D eigenvalue weighted by Gasteiger charge is -2.44. The maximum atomic E-state index is 14.4. The molecular formula is C15H23FN2. The van der Waals surface area contributed by atoms with Gasteiger partial charge >= 0.3 is 0 Å². The van der Waals surface area contributed by atoms with Gasteiger partial charge in [-0.15, -0.1) is 0 Å². The Kier molecular flexibility index (Phi) is 2.34. The summed E-state index contributed by atoms with van der Waals surface area (Å²) in [6.07, 6.45) is 0. The summed E-state index contributed by atoms with van der Waals surface area (Å²) in [6, 6.07) is 1.35. The third-order valence-electron chi connectivity index (χ3n) is 5.73. The molecule has 3 heteroatoms. The molecule has 18 heavy (non-hydrogen) atoms. The molecule has 0 spiro atoms. The highest BCUT2D eigenvalue weighted by atomic mass is 19.1. The molecule has 0 heterocycles. The van der Waals surface area contributed by atoms with E-state index in [9.17, 15) is 4.39 Å². The maximum absolute atomic E-state index is 14.4. The van der Waals surface area contributed by atoms with E-state index in [2.05, 4.69) is 41.5 Å². The van der Waals surface area contributed by atoms with Crippen LogP contribution in [0, 0.1) is 11.2 Å². The van der Waals surface area contributed by atoms with Gasteiger partial charge in [0, 0.05) is 0 Å². The monoisotopic (exact) mass is 250 g/mol. The highest BCUT2D eigenvalue weighted by Gasteiger charge is 2.59. The summed E-state index contributed by atoms with van der Waals surface area (Å²) in [5.41, 5.74) is 13.8. The molecule has 2 nitrogen and oxygen atoms in total. The first-order valence-corrected chi connectivity index (χ1v) is 6.34. The van der Waals surface area contributed by atoms with Crippen molar-refractivity contribution in [1.82, 2.24) is 0 Å². The molecule has 0 atom stereocenters. The third-order valence-corrected chi connectivity index (χ3v) is 5.73. The average molecular weight is 250 g/mol. The van der Waals surface area contributed by atoms with Crippen molar-refractivity contribution in [3.05, 3.63) is 23.0 Å². The lowest BCUT2D eigenvalue weighted by Crippen LogP contribution is -2.42. The zero-order valence-electron chi connectivity index (χ0n) is 12.1. The van der Waals surface area contributed by atoms with Crippen molar-refractivity contribution in [2.75, 3.05) is 11.5 Å². The Hall–Kier alpha value is -1.25. The zero-order valence-corrected chi connectivity index (χ0v) is 12.1. The van der Waals surface area contributed by atoms with E-state index in [0.29, 0.717) is 11.4 Å². The first-order chi connectivity index (χ1) is 7.96. The second kappa shape index (κ2) is 3.19. The lowest BCUT2D eigenvalue weighted by molar-refractivity contribution is 0.123. The Morgan fingerprint density at radius 1 is 0.889 bits per heavy atom. The highest BCUT2D eigenvalue weighted by molar-refractivity contribution is 5.74. The predicted octanol–water partition coefficient (Wildman–Crippen LogP) is 3.59. The van der Waals surface area contributed by atoms with Gasteiger partial charge in [0.25, 0.3) is 0 Å². The molecule has 1 aromatic rings. The van der Waals surface area contributed by atoms with E-state index in [-0.39, 0.29) is 22.1 Å². The Bertz CT molecular complexity index is 528. The van der Waals surface area contributed by atoms with Gasteiger partial charge in [0.15, 0.2) is 0 Å². The summed E-state index contributed by atoms with van der Waals surface area (Å²) in [5.74, 6) is -0.236. The van der Waals surface area contributed by atoms with Crippen molar-refractivity contribution in [1.29, 1.82) is 0 Å². The summed E-state index contributed by atoms with van der Waals surface area (Å²) < 4.78 is 14.4. The summed E-state index contributed by atoms with van der Waals surface area (Å²) >= 11 is 0. The van der Waals surface area contributed by atoms with Gasteiger partial charge in [0.1, 0.15) is 5.82 Å². The molecule has 100 valence electrons. The minimum Gasteiger partial charge on any atom is -0.397 e. The largest absolute Gasteiger partial charge is 0.397 e. The highest BCUT2D eigenvalue weighted by Crippen LogP contribution is 2.63. The lowest BCUT2D eigenvalue weighted by atomic mass is 9.59. The van der Waals surface area contributed by atoms with Crippen LogP contribution < -0.4 is 11.5 Å². The third kappa shape index (κ3) is 1.17. The average Bonchev–Trinajstić information content (AvgIpc) is 2.31. The van der Waals surface area contributed by atoms with E-state index in [1.54, 1.807) is 0 Å². The van der Waals surface area contributed by atoms with Crippen molar-refractivity contribution >= 4 is 11.4 Å². The van der Waals surface area contributed by atoms with Gasteiger partial charge in [0.05, 0.1) is 11.4 Å². The van der Waals surface area contributed by atoms with Crippen LogP contribution in [0.3, 0.4) is 0 Å². The van der Waals surface area contributed by atoms with Crippen LogP contribution >= 0.6 is 0 Å². The molecule has 0 saturated carbocycles. The zero-order chi connectivity index (χ0) is 14.1. The van der Waals surface area contributed by atoms with Gasteiger partial charge in [0.2, 0.25) is 0 Å². The van der Waals surface area contributed by atoms with Crippen molar-refractivity contribution in [3.63, 3.8) is 0 Å². The number of benzene rings is 1. The summed E-state index contributed by atoms with van der Waals surface area (Å²) in [4.78, 5) is 0. The second-order valence-corrected chi connectivity index (χ2v) is 6.99. The van der Waals surface area contributed by atoms with Crippen molar-refractivity contribution in [2.24, 2.45) is 5.41 Å². The number of hydrogen-bond donors (Lipinski definition) is 2. The van der Waals surface area contributed by atoms with Crippen LogP contribution in [0.4, 0.5) is 15.8 Å². The van der Waals surface area contributed by atoms with Gasteiger partial charge in [-0.1, -0.05) is 41.5 Å². The van der Waals surface area contributed by atoms with E-state index in [1.165, 1.54) is 6.07 Å². The summed E-state index contributed by atoms with van der Waals surface area (Å²) in [7, 11) is 0. The Labute approximate surface area is 109 Å². The second-order valence-electron chi connectivity index (χ2n) is 6.99. The SMILES string of the molecule is CC1(C)c2c(F)cc(N)c(N)c2C(C)(C)C1(C)C. The Balaban J connectivity index is 2.96. The molecule has 0 aliphatic heterocycles. The molecule has 0 radical (unpaired) electrons. The molecule has 0 unspecified atom stereocenters. The van der Waals surface area contributed by atoms with E-state index < -0.39 is 0 Å². The van der Waals surface area contributed by atoms with Crippen LogP contribution in [-0.2, 0) is 10.8 Å². The number of fused-ring (bicyclic) bond motifs is 1. The number of nitrogen functional groups attached to an aromatic ring is 2. The van der Waals surface area contributed by atoms with Crippen LogP contribution in [-0.4, -0.2) is 0 Å². The number of nitrogens with two attached hydrogens (primary N) is 2. The van der Waals surface area contributed by atoms with Gasteiger partial charge in [-0.3, -0.25) is 0 Å². The van der Waals surface area contributed by atoms with Crippen molar-refractivity contribution in [3.8, 4) is 0 Å². The smallest absolute Gasteiger partial charge is 0.129 e. The first kappa shape index (κ1) is 13.2. The quantitative estimate of drug-likeness (QED) is 0.691. The Morgan fingerprint density at radius 2 is 1.33 bits per heavy atom. The predicted molar refractivity (Wildman–Crippen MR) is 75.1 cm³/mol. The number of rotatable bonds is 0. The molecular weight excluding hydrogens is 227 g/mol. The molecule has 0 aromatic heterocycles. The molecule has 1 aliphatic rings. The number of halogens is 1. The van der Waals surface area contributed by atoms with Crippen LogP contribution in [0.2, 0.25) is 0 Å². The molecule has 1 aliphatic carbocycles. The summed E-state index contributed by atoms with van der Waals surface area (Å²) in [5, 5.41) is 0. The van der Waals surface area contributed by atoms with E-state index >= 15 is 0 Å². The molecule has 0 amide bonds. The van der Waals surface area contributed by atoms with Gasteiger partial charge in [-0.05, 0) is 33.4 Å². The van der Waals surface area contributed by atoms with E-state index in [0.717, 1.165) is 11.1 Å². The van der Waals surface area contributed by atoms with Crippen LogP contribution in [0.15, 0.2) is 6.07 Å². The fourth-order valence-corrected chi connectivity index (χ4v) is 3.35. The van der Waals surface area contributed by atoms with E-state index in [4.69, 9.17) is 11.5 Å². The van der Waals surface area contributed by atoms with E-state index in [1.807, 2.05) is 0 Å². The number of anilines is 2. The first-order valence-electron chi connectivity index (χ1n) is 6.34. The number of hydrogen-bond acceptors (Lipinski definition) is 2. The van der Waals surface area contributed by atoms with Gasteiger partial charge in [-0.25, -0.2) is 4.39 Å². The van der Waals surface area contributed by atoms with Crippen LogP contribution in [0.5, 0.6) is 0 Å². The minimum atomic E-state index is -0.280. The molecule has 2 rings (SSSR count). The fourth-order valence-electron chi connectivity index (χ4n) is 3.35. The molecule has 1 aromatic carbocycles. The van der Waals surface area contributed by atoms with Crippen LogP contribution in [0.1, 0.15) is 52.7 Å². The molecule has 0 bridgehead atoms.